The number of hydrogen-bond acceptors (Lipinski definition) is 12. The largest absolute Gasteiger partial charge is 0.479 e. The molecule has 0 saturated carbocycles. The van der Waals surface area contributed by atoms with Gasteiger partial charge in [-0.3, -0.25) is 14.4 Å². The summed E-state index contributed by atoms with van der Waals surface area (Å²) in [6, 6.07) is 1.71. The molecule has 7 atom stereocenters. The average Bonchev–Trinajstić information content (AvgIpc) is 3.00. The van der Waals surface area contributed by atoms with Gasteiger partial charge >= 0.3 is 18.0 Å². The number of aliphatic hydroxyl groups excluding tert-OH is 3. The van der Waals surface area contributed by atoms with Crippen molar-refractivity contribution < 1.29 is 58.6 Å². The molecule has 48 heavy (non-hydrogen) atoms. The van der Waals surface area contributed by atoms with Crippen molar-refractivity contribution in [2.24, 2.45) is 17.6 Å². The number of carbonyl (C=O) groups excluding carboxylic acids is 4. The van der Waals surface area contributed by atoms with Gasteiger partial charge in [0.05, 0.1) is 17.6 Å². The maximum absolute atomic E-state index is 13.7. The predicted molar refractivity (Wildman–Crippen MR) is 170 cm³/mol. The van der Waals surface area contributed by atoms with Gasteiger partial charge in [0.25, 0.3) is 0 Å². The molecule has 2 rings (SSSR count). The molecule has 1 aromatic carbocycles. The van der Waals surface area contributed by atoms with Crippen molar-refractivity contribution >= 4 is 35.5 Å². The number of nitrogens with one attached hydrogen (secondary N) is 4. The Morgan fingerprint density at radius 1 is 0.958 bits per heavy atom. The Labute approximate surface area is 278 Å². The fourth-order valence-electron chi connectivity index (χ4n) is 4.65. The molecule has 0 bridgehead atoms. The molecule has 17 heteroatoms. The number of carbonyl (C=O) groups is 5. The molecule has 0 unspecified atom stereocenters. The van der Waals surface area contributed by atoms with Crippen molar-refractivity contribution in [3.63, 3.8) is 0 Å². The van der Waals surface area contributed by atoms with Crippen LogP contribution in [0.1, 0.15) is 59.9 Å². The number of rotatable bonds is 17. The zero-order valence-corrected chi connectivity index (χ0v) is 28.0. The van der Waals surface area contributed by atoms with Gasteiger partial charge < -0.3 is 61.6 Å². The quantitative estimate of drug-likeness (QED) is 0.0745. The fourth-order valence-corrected chi connectivity index (χ4v) is 4.65. The van der Waals surface area contributed by atoms with Crippen LogP contribution in [0.3, 0.4) is 0 Å². The van der Waals surface area contributed by atoms with E-state index in [1.807, 2.05) is 27.7 Å². The predicted octanol–water partition coefficient (Wildman–Crippen LogP) is -0.449. The van der Waals surface area contributed by atoms with E-state index in [2.05, 4.69) is 21.3 Å². The molecule has 17 nitrogen and oxygen atoms in total. The Kier molecular flexibility index (Phi) is 15.5. The van der Waals surface area contributed by atoms with Gasteiger partial charge in [-0.15, -0.1) is 0 Å². The first-order valence-corrected chi connectivity index (χ1v) is 15.7. The second-order valence-corrected chi connectivity index (χ2v) is 12.5. The van der Waals surface area contributed by atoms with E-state index in [0.717, 1.165) is 0 Å². The van der Waals surface area contributed by atoms with Gasteiger partial charge in [0.2, 0.25) is 18.1 Å². The van der Waals surface area contributed by atoms with Gasteiger partial charge in [0, 0.05) is 12.6 Å². The molecule has 1 saturated heterocycles. The number of nitrogens with two attached hydrogens (primary N) is 1. The van der Waals surface area contributed by atoms with E-state index in [1.165, 1.54) is 18.2 Å². The molecular formula is C31H49N5O12. The van der Waals surface area contributed by atoms with Crippen molar-refractivity contribution in [1.29, 1.82) is 0 Å². The van der Waals surface area contributed by atoms with Gasteiger partial charge in [-0.2, -0.15) is 0 Å². The summed E-state index contributed by atoms with van der Waals surface area (Å²) in [4.78, 5) is 61.9. The summed E-state index contributed by atoms with van der Waals surface area (Å²) in [6.07, 6.45) is -9.27. The van der Waals surface area contributed by atoms with E-state index in [-0.39, 0.29) is 49.4 Å². The lowest BCUT2D eigenvalue weighted by atomic mass is 9.99. The third-order valence-corrected chi connectivity index (χ3v) is 7.28. The SMILES string of the molecule is CC(C)N[C@H](C(=O)N[C@@H](CCCNC(N)=O)C(=O)Nc1ccc(COC(=O)C(C)C)cc1O[C@@H]1O[C@H](C(=O)O)[C@@H](O)[C@H](O)[C@H]1O)C(C)C. The van der Waals surface area contributed by atoms with Crippen LogP contribution in [0, 0.1) is 11.8 Å². The van der Waals surface area contributed by atoms with Crippen LogP contribution in [0.15, 0.2) is 18.2 Å². The summed E-state index contributed by atoms with van der Waals surface area (Å²) >= 11 is 0. The van der Waals surface area contributed by atoms with Crippen LogP contribution in [0.4, 0.5) is 10.5 Å². The molecule has 1 aliphatic rings. The number of aliphatic hydroxyl groups is 3. The standard InChI is InChI=1S/C31H49N5O12/c1-14(2)21(34-16(5)6)27(41)36-19(8-7-11-33-31(32)45)26(40)35-18-10-9-17(13-46-29(44)15(3)4)12-20(18)47-30-24(39)22(37)23(38)25(48-30)28(42)43/h9-10,12,14-16,19,21-25,30,34,37-39H,7-8,11,13H2,1-6H3,(H,35,40)(H,36,41)(H,42,43)(H3,32,33,45)/t19-,21-,22-,23-,24+,25-,30+/m0/s1. The molecule has 1 aliphatic heterocycles. The lowest BCUT2D eigenvalue weighted by Gasteiger charge is -2.38. The third kappa shape index (κ3) is 11.9. The van der Waals surface area contributed by atoms with Crippen LogP contribution in [0.25, 0.3) is 0 Å². The Hall–Kier alpha value is -4.03. The number of anilines is 1. The molecule has 270 valence electrons. The number of esters is 1. The van der Waals surface area contributed by atoms with Crippen LogP contribution in [0.5, 0.6) is 5.75 Å². The maximum atomic E-state index is 13.7. The topological polar surface area (TPSA) is 268 Å². The van der Waals surface area contributed by atoms with Gasteiger partial charge in [0.1, 0.15) is 36.7 Å². The molecule has 1 heterocycles. The molecule has 0 radical (unpaired) electrons. The number of amides is 4. The number of ether oxygens (including phenoxy) is 3. The van der Waals surface area contributed by atoms with E-state index in [1.54, 1.807) is 13.8 Å². The number of primary amides is 1. The van der Waals surface area contributed by atoms with Crippen molar-refractivity contribution in [2.75, 3.05) is 11.9 Å². The van der Waals surface area contributed by atoms with Crippen LogP contribution in [0.2, 0.25) is 0 Å². The molecule has 0 aliphatic carbocycles. The summed E-state index contributed by atoms with van der Waals surface area (Å²) in [5.74, 6) is -3.97. The van der Waals surface area contributed by atoms with E-state index in [9.17, 15) is 44.4 Å². The minimum atomic E-state index is -1.97. The smallest absolute Gasteiger partial charge is 0.335 e. The maximum Gasteiger partial charge on any atom is 0.335 e. The second-order valence-electron chi connectivity index (χ2n) is 12.5. The Bertz CT molecular complexity index is 1280. The number of carboxylic acids is 1. The zero-order chi connectivity index (χ0) is 36.3. The van der Waals surface area contributed by atoms with Crippen molar-refractivity contribution in [3.05, 3.63) is 23.8 Å². The van der Waals surface area contributed by atoms with Crippen molar-refractivity contribution in [3.8, 4) is 5.75 Å². The minimum Gasteiger partial charge on any atom is -0.479 e. The molecule has 1 aromatic rings. The van der Waals surface area contributed by atoms with Crippen molar-refractivity contribution in [2.45, 2.75) is 110 Å². The first-order valence-electron chi connectivity index (χ1n) is 15.7. The van der Waals surface area contributed by atoms with E-state index >= 15 is 0 Å². The first kappa shape index (κ1) is 40.1. The summed E-state index contributed by atoms with van der Waals surface area (Å²) < 4.78 is 16.3. The summed E-state index contributed by atoms with van der Waals surface area (Å²) in [7, 11) is 0. The molecule has 4 amide bonds. The van der Waals surface area contributed by atoms with E-state index in [4.69, 9.17) is 19.9 Å². The number of aliphatic carboxylic acids is 1. The van der Waals surface area contributed by atoms with E-state index < -0.39 is 78.5 Å². The van der Waals surface area contributed by atoms with E-state index in [0.29, 0.717) is 5.56 Å². The number of carboxylic acid groups (broad SMARTS) is 1. The van der Waals surface area contributed by atoms with Gasteiger partial charge in [-0.05, 0) is 36.5 Å². The summed E-state index contributed by atoms with van der Waals surface area (Å²) in [5, 5.41) is 51.4. The second kappa shape index (κ2) is 18.5. The Morgan fingerprint density at radius 2 is 1.62 bits per heavy atom. The van der Waals surface area contributed by atoms with Gasteiger partial charge in [-0.25, -0.2) is 9.59 Å². The van der Waals surface area contributed by atoms with Crippen molar-refractivity contribution in [1.82, 2.24) is 16.0 Å². The van der Waals surface area contributed by atoms with Gasteiger partial charge in [0.15, 0.2) is 6.10 Å². The number of hydrogen-bond donors (Lipinski definition) is 9. The molecule has 1 fully saturated rings. The monoisotopic (exact) mass is 683 g/mol. The fraction of sp³-hybridized carbons (Fsp3) is 0.645. The Balaban J connectivity index is 2.43. The normalized spacial score (nSPS) is 22.1. The lowest BCUT2D eigenvalue weighted by molar-refractivity contribution is -0.271. The first-order chi connectivity index (χ1) is 22.4. The molecular weight excluding hydrogens is 634 g/mol. The number of urea groups is 1. The minimum absolute atomic E-state index is 0.0163. The summed E-state index contributed by atoms with van der Waals surface area (Å²) in [6.45, 7) is 10.7. The van der Waals surface area contributed by atoms with Crippen LogP contribution in [-0.4, -0.2) is 106 Å². The zero-order valence-electron chi connectivity index (χ0n) is 28.0. The third-order valence-electron chi connectivity index (χ3n) is 7.28. The number of benzene rings is 1. The van der Waals surface area contributed by atoms with Crippen LogP contribution < -0.4 is 31.7 Å². The summed E-state index contributed by atoms with van der Waals surface area (Å²) in [5.41, 5.74) is 5.50. The van der Waals surface area contributed by atoms with Crippen LogP contribution in [-0.2, 0) is 35.3 Å². The molecule has 0 aromatic heterocycles. The highest BCUT2D eigenvalue weighted by Gasteiger charge is 2.48. The Morgan fingerprint density at radius 3 is 2.19 bits per heavy atom. The van der Waals surface area contributed by atoms with Crippen LogP contribution >= 0.6 is 0 Å². The highest BCUT2D eigenvalue weighted by atomic mass is 16.7. The highest BCUT2D eigenvalue weighted by molar-refractivity contribution is 5.99. The molecule has 0 spiro atoms. The van der Waals surface area contributed by atoms with Gasteiger partial charge in [-0.1, -0.05) is 47.6 Å². The average molecular weight is 684 g/mol. The lowest BCUT2D eigenvalue weighted by Crippen LogP contribution is -2.61. The highest BCUT2D eigenvalue weighted by Crippen LogP contribution is 2.31. The molecule has 10 N–H and O–H groups in total.